The van der Waals surface area contributed by atoms with Crippen LogP contribution in [0.5, 0.6) is 0 Å². The molecule has 1 fully saturated rings. The van der Waals surface area contributed by atoms with E-state index in [1.165, 1.54) is 46.3 Å². The van der Waals surface area contributed by atoms with Crippen molar-refractivity contribution in [1.29, 1.82) is 5.26 Å². The van der Waals surface area contributed by atoms with Gasteiger partial charge in [-0.1, -0.05) is 18.2 Å². The average Bonchev–Trinajstić information content (AvgIpc) is 2.94. The van der Waals surface area contributed by atoms with Gasteiger partial charge in [0.1, 0.15) is 18.3 Å². The van der Waals surface area contributed by atoms with Crippen molar-refractivity contribution in [3.8, 4) is 6.07 Å². The van der Waals surface area contributed by atoms with E-state index in [1.54, 1.807) is 20.2 Å². The Kier molecular flexibility index (Phi) is 8.92. The largest absolute Gasteiger partial charge is 0.352 e. The summed E-state index contributed by atoms with van der Waals surface area (Å²) in [4.78, 5) is 30.7. The van der Waals surface area contributed by atoms with Crippen LogP contribution >= 0.6 is 0 Å². The molecule has 2 aromatic carbocycles. The molecule has 2 aliphatic heterocycles. The van der Waals surface area contributed by atoms with Crippen molar-refractivity contribution in [3.63, 3.8) is 0 Å². The van der Waals surface area contributed by atoms with Crippen LogP contribution in [-0.4, -0.2) is 66.9 Å². The summed E-state index contributed by atoms with van der Waals surface area (Å²) in [5, 5.41) is 12.3. The van der Waals surface area contributed by atoms with Gasteiger partial charge in [0.05, 0.1) is 23.2 Å². The molecule has 1 saturated heterocycles. The molecule has 0 aliphatic carbocycles. The standard InChI is InChI=1S/C29H32F3N5O2/c1-35-18-25(27(36(2)29(35)39)20-4-5-21(16-30)26(32)15-20)28(38)34-10-3-11-37-12-8-19(9-13-37)24-7-6-23(31)14-22(24)17-33/h4-7,14-15,18-19,27H,3,8-13,16H2,1-2H3,(H,34,38). The van der Waals surface area contributed by atoms with Gasteiger partial charge in [-0.05, 0) is 74.1 Å². The number of hydrogen-bond donors (Lipinski definition) is 1. The summed E-state index contributed by atoms with van der Waals surface area (Å²) in [6.45, 7) is 1.93. The van der Waals surface area contributed by atoms with Crippen LogP contribution in [0.2, 0.25) is 0 Å². The first-order valence-corrected chi connectivity index (χ1v) is 13.0. The fourth-order valence-corrected chi connectivity index (χ4v) is 5.39. The van der Waals surface area contributed by atoms with E-state index >= 15 is 0 Å². The van der Waals surface area contributed by atoms with E-state index < -0.39 is 24.4 Å². The van der Waals surface area contributed by atoms with E-state index in [4.69, 9.17) is 0 Å². The van der Waals surface area contributed by atoms with Gasteiger partial charge in [0.25, 0.3) is 5.91 Å². The Bertz CT molecular complexity index is 1300. The lowest BCUT2D eigenvalue weighted by Crippen LogP contribution is -2.46. The molecule has 0 spiro atoms. The van der Waals surface area contributed by atoms with Gasteiger partial charge in [-0.3, -0.25) is 4.79 Å². The van der Waals surface area contributed by atoms with Crippen LogP contribution < -0.4 is 5.32 Å². The van der Waals surface area contributed by atoms with E-state index in [-0.39, 0.29) is 23.4 Å². The first-order chi connectivity index (χ1) is 18.7. The van der Waals surface area contributed by atoms with Crippen molar-refractivity contribution >= 4 is 11.9 Å². The summed E-state index contributed by atoms with van der Waals surface area (Å²) < 4.78 is 40.8. The Morgan fingerprint density at radius 2 is 1.87 bits per heavy atom. The number of piperidine rings is 1. The van der Waals surface area contributed by atoms with Crippen LogP contribution in [0.25, 0.3) is 0 Å². The molecule has 2 aromatic rings. The summed E-state index contributed by atoms with van der Waals surface area (Å²) >= 11 is 0. The van der Waals surface area contributed by atoms with Crippen molar-refractivity contribution in [2.45, 2.75) is 37.9 Å². The van der Waals surface area contributed by atoms with E-state index in [9.17, 15) is 28.0 Å². The van der Waals surface area contributed by atoms with Crippen LogP contribution in [0.4, 0.5) is 18.0 Å². The minimum absolute atomic E-state index is 0.0807. The SMILES string of the molecule is CN1C=C(C(=O)NCCCN2CCC(c3ccc(F)cc3C#N)CC2)C(c2ccc(CF)c(F)c2)N(C)C1=O. The Hall–Kier alpha value is -3.84. The molecule has 0 saturated carbocycles. The molecule has 3 amide bonds. The molecule has 10 heteroatoms. The topological polar surface area (TPSA) is 79.7 Å². The van der Waals surface area contributed by atoms with Crippen molar-refractivity contribution in [1.82, 2.24) is 20.0 Å². The van der Waals surface area contributed by atoms with Gasteiger partial charge >= 0.3 is 6.03 Å². The summed E-state index contributed by atoms with van der Waals surface area (Å²) in [5.41, 5.74) is 1.89. The quantitative estimate of drug-likeness (QED) is 0.497. The summed E-state index contributed by atoms with van der Waals surface area (Å²) in [6, 6.07) is 9.38. The predicted molar refractivity (Wildman–Crippen MR) is 140 cm³/mol. The monoisotopic (exact) mass is 539 g/mol. The number of carbonyl (C=O) groups is 2. The molecule has 1 atom stereocenters. The number of nitrogens with zero attached hydrogens (tertiary/aromatic N) is 4. The van der Waals surface area contributed by atoms with Crippen molar-refractivity contribution in [2.24, 2.45) is 0 Å². The second kappa shape index (κ2) is 12.3. The number of likely N-dealkylation sites (tertiary alicyclic amines) is 1. The fourth-order valence-electron chi connectivity index (χ4n) is 5.39. The molecule has 0 aromatic heterocycles. The Morgan fingerprint density at radius 1 is 1.13 bits per heavy atom. The molecule has 0 bridgehead atoms. The molecular formula is C29H32F3N5O2. The molecular weight excluding hydrogens is 507 g/mol. The maximum Gasteiger partial charge on any atom is 0.324 e. The maximum absolute atomic E-state index is 14.3. The first-order valence-electron chi connectivity index (χ1n) is 13.0. The highest BCUT2D eigenvalue weighted by atomic mass is 19.1. The van der Waals surface area contributed by atoms with E-state index in [1.807, 2.05) is 0 Å². The smallest absolute Gasteiger partial charge is 0.324 e. The number of benzene rings is 2. The number of halogens is 3. The Labute approximate surface area is 226 Å². The van der Waals surface area contributed by atoms with E-state index in [0.717, 1.165) is 38.0 Å². The third-order valence-electron chi connectivity index (χ3n) is 7.52. The van der Waals surface area contributed by atoms with Gasteiger partial charge in [0, 0.05) is 32.4 Å². The number of hydrogen-bond acceptors (Lipinski definition) is 4. The van der Waals surface area contributed by atoms with Crippen LogP contribution in [0.15, 0.2) is 48.2 Å². The van der Waals surface area contributed by atoms with E-state index in [0.29, 0.717) is 29.7 Å². The van der Waals surface area contributed by atoms with Crippen LogP contribution in [0, 0.1) is 23.0 Å². The number of urea groups is 1. The molecule has 2 heterocycles. The Balaban J connectivity index is 1.32. The minimum atomic E-state index is -0.942. The van der Waals surface area contributed by atoms with Gasteiger partial charge in [-0.2, -0.15) is 5.26 Å². The van der Waals surface area contributed by atoms with Gasteiger partial charge in [-0.25, -0.2) is 18.0 Å². The lowest BCUT2D eigenvalue weighted by molar-refractivity contribution is -0.118. The number of alkyl halides is 1. The molecule has 1 N–H and O–H groups in total. The zero-order chi connectivity index (χ0) is 28.1. The van der Waals surface area contributed by atoms with E-state index in [2.05, 4.69) is 16.3 Å². The second-order valence-electron chi connectivity index (χ2n) is 10.0. The number of rotatable bonds is 8. The molecule has 7 nitrogen and oxygen atoms in total. The fraction of sp³-hybridized carbons (Fsp3) is 0.414. The van der Waals surface area contributed by atoms with Crippen LogP contribution in [0.1, 0.15) is 53.5 Å². The zero-order valence-corrected chi connectivity index (χ0v) is 22.1. The minimum Gasteiger partial charge on any atom is -0.352 e. The summed E-state index contributed by atoms with van der Waals surface area (Å²) in [6.07, 6.45) is 3.90. The number of amides is 3. The highest BCUT2D eigenvalue weighted by Gasteiger charge is 2.35. The van der Waals surface area contributed by atoms with Crippen LogP contribution in [-0.2, 0) is 11.5 Å². The van der Waals surface area contributed by atoms with Gasteiger partial charge in [0.15, 0.2) is 0 Å². The molecule has 4 rings (SSSR count). The van der Waals surface area contributed by atoms with Gasteiger partial charge in [0.2, 0.25) is 0 Å². The maximum atomic E-state index is 14.3. The van der Waals surface area contributed by atoms with Crippen molar-refractivity contribution in [3.05, 3.63) is 82.1 Å². The van der Waals surface area contributed by atoms with Crippen molar-refractivity contribution < 1.29 is 22.8 Å². The van der Waals surface area contributed by atoms with Crippen LogP contribution in [0.3, 0.4) is 0 Å². The first kappa shape index (κ1) is 28.2. The third kappa shape index (κ3) is 6.25. The lowest BCUT2D eigenvalue weighted by Gasteiger charge is -2.37. The molecule has 1 unspecified atom stereocenters. The third-order valence-corrected chi connectivity index (χ3v) is 7.52. The molecule has 39 heavy (non-hydrogen) atoms. The molecule has 206 valence electrons. The van der Waals surface area contributed by atoms with Crippen molar-refractivity contribution in [2.75, 3.05) is 40.3 Å². The Morgan fingerprint density at radius 3 is 2.54 bits per heavy atom. The van der Waals surface area contributed by atoms with Gasteiger partial charge < -0.3 is 20.0 Å². The number of nitrogens with one attached hydrogen (secondary N) is 1. The average molecular weight is 540 g/mol. The number of carbonyl (C=O) groups excluding carboxylic acids is 2. The summed E-state index contributed by atoms with van der Waals surface area (Å²) in [5.74, 6) is -1.27. The molecule has 0 radical (unpaired) electrons. The lowest BCUT2D eigenvalue weighted by atomic mass is 9.86. The number of likely N-dealkylation sites (N-methyl/N-ethyl adjacent to an activating group) is 1. The summed E-state index contributed by atoms with van der Waals surface area (Å²) in [7, 11) is 3.09. The number of nitriles is 1. The normalized spacial score (nSPS) is 18.6. The van der Waals surface area contributed by atoms with Gasteiger partial charge in [-0.15, -0.1) is 0 Å². The highest BCUT2D eigenvalue weighted by molar-refractivity contribution is 5.97. The zero-order valence-electron chi connectivity index (χ0n) is 22.1. The molecule has 2 aliphatic rings. The second-order valence-corrected chi connectivity index (χ2v) is 10.0. The predicted octanol–water partition coefficient (Wildman–Crippen LogP) is 4.61. The highest BCUT2D eigenvalue weighted by Crippen LogP contribution is 2.33.